The van der Waals surface area contributed by atoms with E-state index in [9.17, 15) is 18.0 Å². The number of rotatable bonds is 2. The molecule has 0 aliphatic carbocycles. The highest BCUT2D eigenvalue weighted by atomic mass is 19.4. The van der Waals surface area contributed by atoms with E-state index in [0.717, 1.165) is 19.5 Å². The Morgan fingerprint density at radius 3 is 2.56 bits per heavy atom. The molecule has 16 heavy (non-hydrogen) atoms. The number of hydrogen-bond acceptors (Lipinski definition) is 5. The van der Waals surface area contributed by atoms with Crippen LogP contribution in [-0.4, -0.2) is 24.4 Å². The van der Waals surface area contributed by atoms with Crippen LogP contribution in [0.25, 0.3) is 0 Å². The first kappa shape index (κ1) is 12.1. The van der Waals surface area contributed by atoms with E-state index >= 15 is 0 Å². The number of aromatic nitrogens is 1. The first-order valence-corrected chi connectivity index (χ1v) is 3.92. The predicted octanol–water partition coefficient (Wildman–Crippen LogP) is 1.35. The zero-order valence-electron chi connectivity index (χ0n) is 8.04. The van der Waals surface area contributed by atoms with Gasteiger partial charge in [0.15, 0.2) is 5.75 Å². The highest BCUT2D eigenvalue weighted by Gasteiger charge is 2.34. The number of nitrogens with zero attached hydrogens (tertiary/aromatic N) is 1. The van der Waals surface area contributed by atoms with Crippen LogP contribution in [0, 0.1) is 0 Å². The molecule has 2 N–H and O–H groups in total. The number of carbonyl (C=O) groups is 1. The van der Waals surface area contributed by atoms with Gasteiger partial charge in [0.2, 0.25) is 0 Å². The van der Waals surface area contributed by atoms with Gasteiger partial charge < -0.3 is 15.2 Å². The van der Waals surface area contributed by atoms with Crippen LogP contribution in [0.1, 0.15) is 10.4 Å². The van der Waals surface area contributed by atoms with Gasteiger partial charge in [0.05, 0.1) is 25.2 Å². The highest BCUT2D eigenvalue weighted by molar-refractivity contribution is 5.97. The van der Waals surface area contributed by atoms with E-state index < -0.39 is 23.6 Å². The minimum atomic E-state index is -4.93. The van der Waals surface area contributed by atoms with Crippen molar-refractivity contribution in [2.24, 2.45) is 0 Å². The summed E-state index contributed by atoms with van der Waals surface area (Å²) in [5, 5.41) is 0. The third-order valence-corrected chi connectivity index (χ3v) is 1.56. The normalized spacial score (nSPS) is 11.0. The number of halogens is 3. The molecule has 0 bridgehead atoms. The SMILES string of the molecule is COC(=O)c1c(N)cncc1OC(F)(F)F. The smallest absolute Gasteiger partial charge is 0.465 e. The molecule has 1 aromatic rings. The molecule has 0 saturated carbocycles. The summed E-state index contributed by atoms with van der Waals surface area (Å²) in [4.78, 5) is 14.6. The first-order valence-electron chi connectivity index (χ1n) is 3.92. The third kappa shape index (κ3) is 2.75. The molecular formula is C8H7F3N2O3. The number of carbonyl (C=O) groups excluding carboxylic acids is 1. The van der Waals surface area contributed by atoms with Crippen LogP contribution < -0.4 is 10.5 Å². The lowest BCUT2D eigenvalue weighted by Gasteiger charge is -2.12. The summed E-state index contributed by atoms with van der Waals surface area (Å²) in [5.74, 6) is -1.82. The van der Waals surface area contributed by atoms with Crippen LogP contribution in [0.3, 0.4) is 0 Å². The molecule has 0 amide bonds. The van der Waals surface area contributed by atoms with Crippen molar-refractivity contribution in [3.05, 3.63) is 18.0 Å². The fraction of sp³-hybridized carbons (Fsp3) is 0.250. The van der Waals surface area contributed by atoms with Crippen molar-refractivity contribution in [3.8, 4) is 5.75 Å². The van der Waals surface area contributed by atoms with Gasteiger partial charge in [0.25, 0.3) is 0 Å². The number of esters is 1. The summed E-state index contributed by atoms with van der Waals surface area (Å²) in [7, 11) is 1.01. The van der Waals surface area contributed by atoms with Gasteiger partial charge in [0.1, 0.15) is 5.56 Å². The second-order valence-corrected chi connectivity index (χ2v) is 2.64. The van der Waals surface area contributed by atoms with Gasteiger partial charge in [-0.05, 0) is 0 Å². The van der Waals surface area contributed by atoms with Gasteiger partial charge in [-0.1, -0.05) is 0 Å². The van der Waals surface area contributed by atoms with Crippen molar-refractivity contribution >= 4 is 11.7 Å². The summed E-state index contributed by atoms with van der Waals surface area (Å²) >= 11 is 0. The molecule has 1 heterocycles. The molecule has 8 heteroatoms. The number of methoxy groups -OCH3 is 1. The van der Waals surface area contributed by atoms with Gasteiger partial charge >= 0.3 is 12.3 Å². The molecule has 5 nitrogen and oxygen atoms in total. The number of ether oxygens (including phenoxy) is 2. The van der Waals surface area contributed by atoms with E-state index in [2.05, 4.69) is 14.5 Å². The van der Waals surface area contributed by atoms with Crippen molar-refractivity contribution < 1.29 is 27.4 Å². The second-order valence-electron chi connectivity index (χ2n) is 2.64. The molecule has 0 aliphatic rings. The summed E-state index contributed by atoms with van der Waals surface area (Å²) in [6.07, 6.45) is -3.18. The molecular weight excluding hydrogens is 229 g/mol. The number of nitrogen functional groups attached to an aromatic ring is 1. The molecule has 0 spiro atoms. The molecule has 0 atom stereocenters. The topological polar surface area (TPSA) is 74.4 Å². The summed E-state index contributed by atoms with van der Waals surface area (Å²) in [6, 6.07) is 0. The molecule has 0 fully saturated rings. The van der Waals surface area contributed by atoms with E-state index in [0.29, 0.717) is 0 Å². The number of anilines is 1. The Kier molecular flexibility index (Phi) is 3.21. The molecule has 1 aromatic heterocycles. The number of alkyl halides is 3. The average molecular weight is 236 g/mol. The molecule has 0 saturated heterocycles. The van der Waals surface area contributed by atoms with Crippen molar-refractivity contribution in [2.75, 3.05) is 12.8 Å². The van der Waals surface area contributed by atoms with Crippen LogP contribution >= 0.6 is 0 Å². The molecule has 0 aromatic carbocycles. The summed E-state index contributed by atoms with van der Waals surface area (Å²) in [6.45, 7) is 0. The van der Waals surface area contributed by atoms with E-state index in [1.54, 1.807) is 0 Å². The zero-order valence-corrected chi connectivity index (χ0v) is 8.04. The first-order chi connectivity index (χ1) is 7.35. The van der Waals surface area contributed by atoms with Crippen molar-refractivity contribution in [1.82, 2.24) is 4.98 Å². The lowest BCUT2D eigenvalue weighted by atomic mass is 10.2. The van der Waals surface area contributed by atoms with Crippen LogP contribution in [0.15, 0.2) is 12.4 Å². The predicted molar refractivity (Wildman–Crippen MR) is 46.7 cm³/mol. The van der Waals surface area contributed by atoms with E-state index in [1.807, 2.05) is 0 Å². The molecule has 0 radical (unpaired) electrons. The Hall–Kier alpha value is -1.99. The number of nitrogens with two attached hydrogens (primary N) is 1. The van der Waals surface area contributed by atoms with Crippen LogP contribution in [0.4, 0.5) is 18.9 Å². The van der Waals surface area contributed by atoms with E-state index in [4.69, 9.17) is 5.73 Å². The maximum atomic E-state index is 12.0. The van der Waals surface area contributed by atoms with Crippen LogP contribution in [0.5, 0.6) is 5.75 Å². The Bertz CT molecular complexity index is 406. The van der Waals surface area contributed by atoms with Crippen molar-refractivity contribution in [2.45, 2.75) is 6.36 Å². The van der Waals surface area contributed by atoms with Gasteiger partial charge in [-0.15, -0.1) is 13.2 Å². The highest BCUT2D eigenvalue weighted by Crippen LogP contribution is 2.29. The van der Waals surface area contributed by atoms with Gasteiger partial charge in [0, 0.05) is 0 Å². The minimum Gasteiger partial charge on any atom is -0.465 e. The molecule has 0 unspecified atom stereocenters. The molecule has 0 aliphatic heterocycles. The van der Waals surface area contributed by atoms with Crippen LogP contribution in [0.2, 0.25) is 0 Å². The Morgan fingerprint density at radius 1 is 1.44 bits per heavy atom. The quantitative estimate of drug-likeness (QED) is 0.784. The molecule has 88 valence electrons. The zero-order chi connectivity index (χ0) is 12.3. The maximum absolute atomic E-state index is 12.0. The number of pyridine rings is 1. The fourth-order valence-corrected chi connectivity index (χ4v) is 0.979. The van der Waals surface area contributed by atoms with Gasteiger partial charge in [-0.25, -0.2) is 4.79 Å². The average Bonchev–Trinajstić information content (AvgIpc) is 2.14. The largest absolute Gasteiger partial charge is 0.573 e. The standard InChI is InChI=1S/C8H7F3N2O3/c1-15-7(14)6-4(12)2-13-3-5(6)16-8(9,10)11/h2-3H,12H2,1H3. The Morgan fingerprint density at radius 2 is 2.06 bits per heavy atom. The fourth-order valence-electron chi connectivity index (χ4n) is 0.979. The maximum Gasteiger partial charge on any atom is 0.573 e. The summed E-state index contributed by atoms with van der Waals surface area (Å²) < 4.78 is 43.8. The summed E-state index contributed by atoms with van der Waals surface area (Å²) in [5.41, 5.74) is 4.55. The van der Waals surface area contributed by atoms with Crippen LogP contribution in [-0.2, 0) is 4.74 Å². The van der Waals surface area contributed by atoms with Crippen molar-refractivity contribution in [3.63, 3.8) is 0 Å². The monoisotopic (exact) mass is 236 g/mol. The van der Waals surface area contributed by atoms with Gasteiger partial charge in [-0.2, -0.15) is 0 Å². The lowest BCUT2D eigenvalue weighted by Crippen LogP contribution is -2.20. The number of hydrogen-bond donors (Lipinski definition) is 1. The van der Waals surface area contributed by atoms with E-state index in [-0.39, 0.29) is 5.69 Å². The van der Waals surface area contributed by atoms with Crippen molar-refractivity contribution in [1.29, 1.82) is 0 Å². The van der Waals surface area contributed by atoms with E-state index in [1.165, 1.54) is 0 Å². The Balaban J connectivity index is 3.18. The molecule has 1 rings (SSSR count). The Labute approximate surface area is 88.0 Å². The minimum absolute atomic E-state index is 0.256. The van der Waals surface area contributed by atoms with Gasteiger partial charge in [-0.3, -0.25) is 4.98 Å². The lowest BCUT2D eigenvalue weighted by molar-refractivity contribution is -0.274. The third-order valence-electron chi connectivity index (χ3n) is 1.56. The second kappa shape index (κ2) is 4.25.